The van der Waals surface area contributed by atoms with E-state index in [4.69, 9.17) is 11.6 Å². The second-order valence-corrected chi connectivity index (χ2v) is 4.54. The number of likely N-dealkylation sites (tertiary alicyclic amines) is 1. The first-order chi connectivity index (χ1) is 7.25. The zero-order valence-corrected chi connectivity index (χ0v) is 9.36. The van der Waals surface area contributed by atoms with Crippen molar-refractivity contribution in [3.05, 3.63) is 34.7 Å². The maximum Gasteiger partial charge on any atom is 0.250 e. The van der Waals surface area contributed by atoms with Crippen LogP contribution in [0.25, 0.3) is 0 Å². The van der Waals surface area contributed by atoms with Crippen LogP contribution >= 0.6 is 11.6 Å². The number of pyridine rings is 1. The third kappa shape index (κ3) is 2.83. The predicted octanol–water partition coefficient (Wildman–Crippen LogP) is 1.16. The molecule has 0 N–H and O–H groups in total. The van der Waals surface area contributed by atoms with Gasteiger partial charge in [-0.3, -0.25) is 4.79 Å². The van der Waals surface area contributed by atoms with Crippen molar-refractivity contribution in [3.63, 3.8) is 0 Å². The Hall–Kier alpha value is -0.800. The fourth-order valence-corrected chi connectivity index (χ4v) is 2.18. The molecule has 1 aromatic heterocycles. The van der Waals surface area contributed by atoms with E-state index in [1.54, 1.807) is 16.7 Å². The molecule has 2 heterocycles. The van der Waals surface area contributed by atoms with Gasteiger partial charge >= 0.3 is 0 Å². The van der Waals surface area contributed by atoms with Crippen molar-refractivity contribution in [2.75, 3.05) is 19.6 Å². The summed E-state index contributed by atoms with van der Waals surface area (Å²) in [5, 5.41) is 0.289. The van der Waals surface area contributed by atoms with Gasteiger partial charge in [0.25, 0.3) is 5.56 Å². The van der Waals surface area contributed by atoms with Gasteiger partial charge in [-0.1, -0.05) is 6.07 Å². The Morgan fingerprint density at radius 2 is 2.27 bits per heavy atom. The van der Waals surface area contributed by atoms with E-state index in [0.29, 0.717) is 0 Å². The van der Waals surface area contributed by atoms with Gasteiger partial charge in [-0.05, 0) is 19.0 Å². The molecule has 1 aliphatic heterocycles. The van der Waals surface area contributed by atoms with Gasteiger partial charge in [-0.2, -0.15) is 0 Å². The zero-order chi connectivity index (χ0) is 10.7. The van der Waals surface area contributed by atoms with Crippen LogP contribution in [0.15, 0.2) is 29.2 Å². The van der Waals surface area contributed by atoms with Crippen LogP contribution in [0.3, 0.4) is 0 Å². The van der Waals surface area contributed by atoms with Crippen molar-refractivity contribution in [1.82, 2.24) is 9.47 Å². The maximum absolute atomic E-state index is 11.4. The molecule has 1 saturated heterocycles. The number of hydrogen-bond donors (Lipinski definition) is 0. The van der Waals surface area contributed by atoms with Gasteiger partial charge in [0.1, 0.15) is 0 Å². The molecule has 0 amide bonds. The summed E-state index contributed by atoms with van der Waals surface area (Å²) < 4.78 is 1.74. The first kappa shape index (κ1) is 10.7. The third-order valence-electron chi connectivity index (χ3n) is 2.77. The lowest BCUT2D eigenvalue weighted by Crippen LogP contribution is -2.29. The molecule has 0 saturated carbocycles. The molecule has 1 fully saturated rings. The van der Waals surface area contributed by atoms with Crippen molar-refractivity contribution in [1.29, 1.82) is 0 Å². The van der Waals surface area contributed by atoms with Gasteiger partial charge in [-0.15, -0.1) is 11.6 Å². The van der Waals surface area contributed by atoms with E-state index in [0.717, 1.165) is 32.6 Å². The minimum atomic E-state index is 0.0686. The van der Waals surface area contributed by atoms with Gasteiger partial charge in [0, 0.05) is 37.3 Å². The summed E-state index contributed by atoms with van der Waals surface area (Å²) >= 11 is 6.01. The van der Waals surface area contributed by atoms with Gasteiger partial charge in [-0.25, -0.2) is 0 Å². The summed E-state index contributed by atoms with van der Waals surface area (Å²) in [4.78, 5) is 13.7. The lowest BCUT2D eigenvalue weighted by molar-refractivity contribution is 0.321. The zero-order valence-electron chi connectivity index (χ0n) is 8.60. The number of rotatable bonds is 3. The predicted molar refractivity (Wildman–Crippen MR) is 61.4 cm³/mol. The van der Waals surface area contributed by atoms with Crippen LogP contribution in [-0.2, 0) is 6.54 Å². The van der Waals surface area contributed by atoms with E-state index in [-0.39, 0.29) is 10.9 Å². The van der Waals surface area contributed by atoms with Gasteiger partial charge in [0.05, 0.1) is 0 Å². The summed E-state index contributed by atoms with van der Waals surface area (Å²) in [7, 11) is 0. The van der Waals surface area contributed by atoms with Gasteiger partial charge in [0.2, 0.25) is 0 Å². The van der Waals surface area contributed by atoms with Crippen molar-refractivity contribution >= 4 is 11.6 Å². The molecule has 3 nitrogen and oxygen atoms in total. The molecule has 0 bridgehead atoms. The van der Waals surface area contributed by atoms with Gasteiger partial charge < -0.3 is 9.47 Å². The first-order valence-electron chi connectivity index (χ1n) is 5.27. The fraction of sp³-hybridized carbons (Fsp3) is 0.545. The summed E-state index contributed by atoms with van der Waals surface area (Å²) in [6, 6.07) is 5.24. The van der Waals surface area contributed by atoms with Crippen molar-refractivity contribution in [2.45, 2.75) is 18.3 Å². The van der Waals surface area contributed by atoms with Crippen LogP contribution in [0.2, 0.25) is 0 Å². The molecule has 1 aliphatic rings. The largest absolute Gasteiger partial charge is 0.314 e. The number of nitrogens with zero attached hydrogens (tertiary/aromatic N) is 2. The normalized spacial score (nSPS) is 22.1. The SMILES string of the molecule is O=c1ccccn1CCN1CCC(Cl)C1. The van der Waals surface area contributed by atoms with Crippen LogP contribution < -0.4 is 5.56 Å². The summed E-state index contributed by atoms with van der Waals surface area (Å²) in [6.07, 6.45) is 2.89. The molecule has 0 aromatic carbocycles. The van der Waals surface area contributed by atoms with E-state index >= 15 is 0 Å². The highest BCUT2D eigenvalue weighted by Gasteiger charge is 2.19. The highest BCUT2D eigenvalue weighted by molar-refractivity contribution is 6.20. The molecule has 15 heavy (non-hydrogen) atoms. The highest BCUT2D eigenvalue weighted by Crippen LogP contribution is 2.13. The monoisotopic (exact) mass is 226 g/mol. The lowest BCUT2D eigenvalue weighted by Gasteiger charge is -2.15. The van der Waals surface area contributed by atoms with Crippen molar-refractivity contribution < 1.29 is 0 Å². The van der Waals surface area contributed by atoms with E-state index in [1.807, 2.05) is 12.3 Å². The molecule has 1 atom stereocenters. The quantitative estimate of drug-likeness (QED) is 0.723. The van der Waals surface area contributed by atoms with E-state index in [2.05, 4.69) is 4.90 Å². The second kappa shape index (κ2) is 4.81. The smallest absolute Gasteiger partial charge is 0.250 e. The number of hydrogen-bond acceptors (Lipinski definition) is 2. The molecular weight excluding hydrogens is 212 g/mol. The van der Waals surface area contributed by atoms with Crippen LogP contribution in [0.1, 0.15) is 6.42 Å². The fourth-order valence-electron chi connectivity index (χ4n) is 1.88. The molecule has 4 heteroatoms. The van der Waals surface area contributed by atoms with E-state index in [9.17, 15) is 4.79 Å². The summed E-state index contributed by atoms with van der Waals surface area (Å²) in [6.45, 7) is 3.66. The van der Waals surface area contributed by atoms with Crippen molar-refractivity contribution in [2.24, 2.45) is 0 Å². The summed E-state index contributed by atoms with van der Waals surface area (Å²) in [5.74, 6) is 0. The van der Waals surface area contributed by atoms with Crippen LogP contribution in [-0.4, -0.2) is 34.5 Å². The Morgan fingerprint density at radius 1 is 1.40 bits per heavy atom. The number of aromatic nitrogens is 1. The molecule has 0 spiro atoms. The molecule has 0 aliphatic carbocycles. The molecule has 1 aromatic rings. The molecular formula is C11H15ClN2O. The van der Waals surface area contributed by atoms with Crippen LogP contribution in [0.4, 0.5) is 0 Å². The molecule has 0 radical (unpaired) electrons. The maximum atomic E-state index is 11.4. The van der Waals surface area contributed by atoms with Crippen LogP contribution in [0.5, 0.6) is 0 Å². The first-order valence-corrected chi connectivity index (χ1v) is 5.71. The Kier molecular flexibility index (Phi) is 3.44. The number of alkyl halides is 1. The van der Waals surface area contributed by atoms with E-state index in [1.165, 1.54) is 0 Å². The number of halogens is 1. The second-order valence-electron chi connectivity index (χ2n) is 3.92. The minimum Gasteiger partial charge on any atom is -0.314 e. The molecule has 2 rings (SSSR count). The standard InChI is InChI=1S/C11H15ClN2O/c12-10-4-6-13(9-10)7-8-14-5-2-1-3-11(14)15/h1-3,5,10H,4,6-9H2. The molecule has 1 unspecified atom stereocenters. The topological polar surface area (TPSA) is 25.2 Å². The summed E-state index contributed by atoms with van der Waals surface area (Å²) in [5.41, 5.74) is 0.0686. The Bertz CT molecular complexity index is 377. The Labute approximate surface area is 94.3 Å². The third-order valence-corrected chi connectivity index (χ3v) is 3.13. The Balaban J connectivity index is 1.88. The average Bonchev–Trinajstić information content (AvgIpc) is 2.63. The highest BCUT2D eigenvalue weighted by atomic mass is 35.5. The minimum absolute atomic E-state index is 0.0686. The molecule has 82 valence electrons. The van der Waals surface area contributed by atoms with Gasteiger partial charge in [0.15, 0.2) is 0 Å². The van der Waals surface area contributed by atoms with Crippen LogP contribution in [0, 0.1) is 0 Å². The Morgan fingerprint density at radius 3 is 2.93 bits per heavy atom. The lowest BCUT2D eigenvalue weighted by atomic mass is 10.4. The van der Waals surface area contributed by atoms with Crippen molar-refractivity contribution in [3.8, 4) is 0 Å². The average molecular weight is 227 g/mol. The van der Waals surface area contributed by atoms with E-state index < -0.39 is 0 Å².